The molecule has 29 heavy (non-hydrogen) atoms. The van der Waals surface area contributed by atoms with Crippen molar-refractivity contribution in [3.63, 3.8) is 0 Å². The smallest absolute Gasteiger partial charge is 0.345 e. The van der Waals surface area contributed by atoms with Crippen LogP contribution < -0.4 is 5.32 Å². The Balaban J connectivity index is 1.71. The highest BCUT2D eigenvalue weighted by molar-refractivity contribution is 7.19. The largest absolute Gasteiger partial charge is 0.433 e. The molecule has 0 unspecified atom stereocenters. The van der Waals surface area contributed by atoms with Gasteiger partial charge in [0.05, 0.1) is 27.1 Å². The molecule has 0 spiro atoms. The van der Waals surface area contributed by atoms with E-state index >= 15 is 0 Å². The van der Waals surface area contributed by atoms with E-state index in [4.69, 9.17) is 11.6 Å². The minimum absolute atomic E-state index is 0.0951. The molecule has 0 fully saturated rings. The fourth-order valence-electron chi connectivity index (χ4n) is 2.63. The quantitative estimate of drug-likeness (QED) is 0.512. The monoisotopic (exact) mass is 437 g/mol. The summed E-state index contributed by atoms with van der Waals surface area (Å²) >= 11 is 6.99. The molecule has 0 bridgehead atoms. The summed E-state index contributed by atoms with van der Waals surface area (Å²) in [4.78, 5) is 21.1. The van der Waals surface area contributed by atoms with E-state index in [0.717, 1.165) is 17.4 Å². The molecule has 0 aliphatic carbocycles. The molecule has 0 atom stereocenters. The Kier molecular flexibility index (Phi) is 4.97. The molecule has 11 heteroatoms. The standard InChI is InChI=1S/C18H11ClF3N5OS/c19-15-5-4-13(29-15)11-7-14(18(20,21)22)27-16(25-11)8-12(26-27)17(28)24-9-10-3-1-2-6-23-10/h1-8H,9H2,(H,24,28). The van der Waals surface area contributed by atoms with Gasteiger partial charge in [0, 0.05) is 12.3 Å². The first-order chi connectivity index (χ1) is 13.8. The number of pyridine rings is 1. The highest BCUT2D eigenvalue weighted by Crippen LogP contribution is 2.35. The molecular formula is C18H11ClF3N5OS. The maximum atomic E-state index is 13.6. The van der Waals surface area contributed by atoms with Crippen molar-refractivity contribution in [2.24, 2.45) is 0 Å². The number of carbonyl (C=O) groups excluding carboxylic acids is 1. The third-order valence-electron chi connectivity index (χ3n) is 3.93. The molecule has 1 amide bonds. The Morgan fingerprint density at radius 3 is 2.69 bits per heavy atom. The molecule has 0 saturated carbocycles. The number of hydrogen-bond donors (Lipinski definition) is 1. The van der Waals surface area contributed by atoms with E-state index in [0.29, 0.717) is 19.4 Å². The van der Waals surface area contributed by atoms with Gasteiger partial charge in [-0.2, -0.15) is 18.3 Å². The highest BCUT2D eigenvalue weighted by Gasteiger charge is 2.35. The van der Waals surface area contributed by atoms with Gasteiger partial charge in [0.25, 0.3) is 5.91 Å². The maximum Gasteiger partial charge on any atom is 0.433 e. The van der Waals surface area contributed by atoms with Crippen LogP contribution in [-0.2, 0) is 12.7 Å². The number of rotatable bonds is 4. The van der Waals surface area contributed by atoms with Crippen molar-refractivity contribution in [1.82, 2.24) is 24.9 Å². The van der Waals surface area contributed by atoms with Gasteiger partial charge in [-0.05, 0) is 30.3 Å². The van der Waals surface area contributed by atoms with Crippen molar-refractivity contribution in [3.8, 4) is 10.6 Å². The molecular weight excluding hydrogens is 427 g/mol. The molecule has 0 aliphatic rings. The summed E-state index contributed by atoms with van der Waals surface area (Å²) in [6, 6.07) is 10.5. The number of nitrogens with zero attached hydrogens (tertiary/aromatic N) is 4. The van der Waals surface area contributed by atoms with Gasteiger partial charge in [-0.15, -0.1) is 11.3 Å². The van der Waals surface area contributed by atoms with E-state index in [2.05, 4.69) is 20.4 Å². The molecule has 0 saturated heterocycles. The lowest BCUT2D eigenvalue weighted by atomic mass is 10.2. The molecule has 6 nitrogen and oxygen atoms in total. The summed E-state index contributed by atoms with van der Waals surface area (Å²) in [5.74, 6) is -0.630. The summed E-state index contributed by atoms with van der Waals surface area (Å²) in [6.45, 7) is 0.117. The van der Waals surface area contributed by atoms with Crippen LogP contribution in [0.4, 0.5) is 13.2 Å². The Morgan fingerprint density at radius 1 is 1.21 bits per heavy atom. The second kappa shape index (κ2) is 7.45. The van der Waals surface area contributed by atoms with E-state index in [-0.39, 0.29) is 23.6 Å². The minimum Gasteiger partial charge on any atom is -0.345 e. The number of amides is 1. The summed E-state index contributed by atoms with van der Waals surface area (Å²) in [7, 11) is 0. The Labute approximate surface area is 171 Å². The van der Waals surface area contributed by atoms with Crippen molar-refractivity contribution in [2.45, 2.75) is 12.7 Å². The van der Waals surface area contributed by atoms with E-state index in [9.17, 15) is 18.0 Å². The summed E-state index contributed by atoms with van der Waals surface area (Å²) in [5.41, 5.74) is -0.605. The molecule has 4 rings (SSSR count). The third kappa shape index (κ3) is 4.08. The molecule has 4 heterocycles. The lowest BCUT2D eigenvalue weighted by molar-refractivity contribution is -0.142. The van der Waals surface area contributed by atoms with Crippen LogP contribution in [0.3, 0.4) is 0 Å². The minimum atomic E-state index is -4.69. The third-order valence-corrected chi connectivity index (χ3v) is 5.19. The number of alkyl halides is 3. The maximum absolute atomic E-state index is 13.6. The van der Waals surface area contributed by atoms with Crippen molar-refractivity contribution in [1.29, 1.82) is 0 Å². The van der Waals surface area contributed by atoms with Gasteiger partial charge < -0.3 is 5.32 Å². The van der Waals surface area contributed by atoms with Crippen molar-refractivity contribution >= 4 is 34.5 Å². The lowest BCUT2D eigenvalue weighted by Crippen LogP contribution is -2.24. The Hall–Kier alpha value is -2.98. The summed E-state index contributed by atoms with van der Waals surface area (Å²) < 4.78 is 41.8. The number of carbonyl (C=O) groups is 1. The van der Waals surface area contributed by atoms with Gasteiger partial charge in [-0.1, -0.05) is 17.7 Å². The topological polar surface area (TPSA) is 72.2 Å². The summed E-state index contributed by atoms with van der Waals surface area (Å²) in [6.07, 6.45) is -3.12. The number of nitrogens with one attached hydrogen (secondary N) is 1. The average Bonchev–Trinajstić information content (AvgIpc) is 3.31. The van der Waals surface area contributed by atoms with Gasteiger partial charge in [0.2, 0.25) is 0 Å². The molecule has 1 N–H and O–H groups in total. The Bertz CT molecular complexity index is 1190. The first kappa shape index (κ1) is 19.3. The SMILES string of the molecule is O=C(NCc1ccccn1)c1cc2nc(-c3ccc(Cl)s3)cc(C(F)(F)F)n2n1. The van der Waals surface area contributed by atoms with Crippen LogP contribution >= 0.6 is 22.9 Å². The highest BCUT2D eigenvalue weighted by atomic mass is 35.5. The zero-order valence-electron chi connectivity index (χ0n) is 14.4. The first-order valence-electron chi connectivity index (χ1n) is 8.23. The van der Waals surface area contributed by atoms with Gasteiger partial charge in [0.15, 0.2) is 17.0 Å². The Morgan fingerprint density at radius 2 is 2.03 bits per heavy atom. The fraction of sp³-hybridized carbons (Fsp3) is 0.111. The first-order valence-corrected chi connectivity index (χ1v) is 9.42. The molecule has 4 aromatic heterocycles. The van der Waals surface area contributed by atoms with E-state index < -0.39 is 17.8 Å². The van der Waals surface area contributed by atoms with Crippen LogP contribution in [0, 0.1) is 0 Å². The van der Waals surface area contributed by atoms with Gasteiger partial charge in [0.1, 0.15) is 0 Å². The van der Waals surface area contributed by atoms with Crippen molar-refractivity contribution < 1.29 is 18.0 Å². The van der Waals surface area contributed by atoms with Crippen LogP contribution in [-0.4, -0.2) is 25.5 Å². The predicted molar refractivity (Wildman–Crippen MR) is 102 cm³/mol. The number of aromatic nitrogens is 4. The molecule has 4 aromatic rings. The van der Waals surface area contributed by atoms with E-state index in [1.807, 2.05) is 0 Å². The molecule has 148 valence electrons. The number of halogens is 4. The van der Waals surface area contributed by atoms with Crippen LogP contribution in [0.15, 0.2) is 48.7 Å². The fourth-order valence-corrected chi connectivity index (χ4v) is 3.63. The molecule has 0 aromatic carbocycles. The zero-order valence-corrected chi connectivity index (χ0v) is 16.0. The predicted octanol–water partition coefficient (Wildman–Crippen LogP) is 4.46. The average molecular weight is 438 g/mol. The number of thiophene rings is 1. The zero-order chi connectivity index (χ0) is 20.6. The molecule has 0 aliphatic heterocycles. The normalized spacial score (nSPS) is 11.7. The lowest BCUT2D eigenvalue weighted by Gasteiger charge is -2.10. The van der Waals surface area contributed by atoms with Gasteiger partial charge in [-0.25, -0.2) is 9.50 Å². The van der Waals surface area contributed by atoms with Crippen molar-refractivity contribution in [2.75, 3.05) is 0 Å². The summed E-state index contributed by atoms with van der Waals surface area (Å²) in [5, 5.41) is 6.39. The second-order valence-electron chi connectivity index (χ2n) is 5.93. The van der Waals surface area contributed by atoms with E-state index in [1.54, 1.807) is 36.5 Å². The van der Waals surface area contributed by atoms with Crippen LogP contribution in [0.2, 0.25) is 4.34 Å². The van der Waals surface area contributed by atoms with Crippen LogP contribution in [0.25, 0.3) is 16.2 Å². The van der Waals surface area contributed by atoms with Crippen LogP contribution in [0.5, 0.6) is 0 Å². The van der Waals surface area contributed by atoms with E-state index in [1.165, 1.54) is 6.07 Å². The molecule has 0 radical (unpaired) electrons. The van der Waals surface area contributed by atoms with Gasteiger partial charge >= 0.3 is 6.18 Å². The van der Waals surface area contributed by atoms with Crippen LogP contribution in [0.1, 0.15) is 21.9 Å². The number of fused-ring (bicyclic) bond motifs is 1. The van der Waals surface area contributed by atoms with Gasteiger partial charge in [-0.3, -0.25) is 9.78 Å². The second-order valence-corrected chi connectivity index (χ2v) is 7.65. The number of hydrogen-bond acceptors (Lipinski definition) is 5. The van der Waals surface area contributed by atoms with Crippen molar-refractivity contribution in [3.05, 3.63) is 70.1 Å².